The van der Waals surface area contributed by atoms with Crippen LogP contribution in [0.3, 0.4) is 0 Å². The van der Waals surface area contributed by atoms with Gasteiger partial charge in [-0.25, -0.2) is 4.39 Å². The summed E-state index contributed by atoms with van der Waals surface area (Å²) in [7, 11) is 1.84. The summed E-state index contributed by atoms with van der Waals surface area (Å²) in [6.45, 7) is 7.02. The van der Waals surface area contributed by atoms with Crippen molar-refractivity contribution in [2.75, 3.05) is 26.7 Å². The van der Waals surface area contributed by atoms with Gasteiger partial charge < -0.3 is 10.2 Å². The van der Waals surface area contributed by atoms with Crippen molar-refractivity contribution in [3.8, 4) is 0 Å². The molecule has 0 amide bonds. The number of likely N-dealkylation sites (tertiary alicyclic amines) is 1. The van der Waals surface area contributed by atoms with Crippen molar-refractivity contribution < 1.29 is 4.39 Å². The van der Waals surface area contributed by atoms with Crippen LogP contribution in [0.25, 0.3) is 0 Å². The van der Waals surface area contributed by atoms with E-state index in [1.54, 1.807) is 6.07 Å². The van der Waals surface area contributed by atoms with Gasteiger partial charge in [0.25, 0.3) is 0 Å². The molecule has 23 heavy (non-hydrogen) atoms. The SMILES string of the molecule is CN=C(NCC(C)(C)c1ccccc1F)N1CCC2(CCC2)C1. The Labute approximate surface area is 139 Å². The lowest BCUT2D eigenvalue weighted by Gasteiger charge is -2.38. The summed E-state index contributed by atoms with van der Waals surface area (Å²) in [5.74, 6) is 0.821. The molecule has 0 bridgehead atoms. The van der Waals surface area contributed by atoms with Crippen LogP contribution in [-0.2, 0) is 5.41 Å². The molecule has 0 radical (unpaired) electrons. The van der Waals surface area contributed by atoms with Crippen LogP contribution < -0.4 is 5.32 Å². The predicted molar refractivity (Wildman–Crippen MR) is 93.3 cm³/mol. The third-order valence-electron chi connectivity index (χ3n) is 5.66. The first-order valence-corrected chi connectivity index (χ1v) is 8.66. The number of nitrogens with zero attached hydrogens (tertiary/aromatic N) is 2. The molecule has 0 unspecified atom stereocenters. The normalized spacial score (nSPS) is 20.7. The van der Waals surface area contributed by atoms with E-state index in [9.17, 15) is 4.39 Å². The van der Waals surface area contributed by atoms with Crippen molar-refractivity contribution in [1.29, 1.82) is 0 Å². The first-order valence-electron chi connectivity index (χ1n) is 8.66. The standard InChI is InChI=1S/C19H28FN3/c1-18(2,15-7-4-5-8-16(15)20)13-22-17(21-3)23-12-11-19(14-23)9-6-10-19/h4-5,7-8H,6,9-14H2,1-3H3,(H,21,22). The second-order valence-corrected chi connectivity index (χ2v) is 7.79. The van der Waals surface area contributed by atoms with Gasteiger partial charge >= 0.3 is 0 Å². The molecule has 0 aromatic heterocycles. The van der Waals surface area contributed by atoms with E-state index >= 15 is 0 Å². The topological polar surface area (TPSA) is 27.6 Å². The molecule has 1 spiro atoms. The molecule has 3 rings (SSSR count). The number of rotatable bonds is 3. The number of aliphatic imine (C=N–C) groups is 1. The molecule has 1 N–H and O–H groups in total. The summed E-state index contributed by atoms with van der Waals surface area (Å²) in [4.78, 5) is 6.82. The molecule has 1 saturated carbocycles. The maximum absolute atomic E-state index is 14.1. The zero-order valence-electron chi connectivity index (χ0n) is 14.5. The van der Waals surface area contributed by atoms with Gasteiger partial charge in [0.1, 0.15) is 5.82 Å². The van der Waals surface area contributed by atoms with Crippen molar-refractivity contribution in [3.05, 3.63) is 35.6 Å². The Kier molecular flexibility index (Phi) is 4.35. The van der Waals surface area contributed by atoms with Gasteiger partial charge in [0.15, 0.2) is 5.96 Å². The van der Waals surface area contributed by atoms with E-state index in [4.69, 9.17) is 0 Å². The monoisotopic (exact) mass is 317 g/mol. The van der Waals surface area contributed by atoms with E-state index in [1.807, 2.05) is 19.2 Å². The zero-order valence-corrected chi connectivity index (χ0v) is 14.5. The lowest BCUT2D eigenvalue weighted by atomic mass is 9.68. The molecule has 3 nitrogen and oxygen atoms in total. The van der Waals surface area contributed by atoms with Crippen molar-refractivity contribution >= 4 is 5.96 Å². The number of hydrogen-bond acceptors (Lipinski definition) is 1. The molecule has 4 heteroatoms. The maximum Gasteiger partial charge on any atom is 0.193 e. The van der Waals surface area contributed by atoms with Crippen LogP contribution in [0, 0.1) is 11.2 Å². The van der Waals surface area contributed by atoms with E-state index in [1.165, 1.54) is 31.7 Å². The summed E-state index contributed by atoms with van der Waals surface area (Å²) < 4.78 is 14.1. The Hall–Kier alpha value is -1.58. The Bertz CT molecular complexity index is 590. The highest BCUT2D eigenvalue weighted by molar-refractivity contribution is 5.80. The predicted octanol–water partition coefficient (Wildman–Crippen LogP) is 3.55. The highest BCUT2D eigenvalue weighted by Gasteiger charge is 2.43. The minimum absolute atomic E-state index is 0.135. The van der Waals surface area contributed by atoms with E-state index in [0.29, 0.717) is 12.0 Å². The minimum Gasteiger partial charge on any atom is -0.355 e. The molecular weight excluding hydrogens is 289 g/mol. The second-order valence-electron chi connectivity index (χ2n) is 7.79. The summed E-state index contributed by atoms with van der Waals surface area (Å²) in [5, 5.41) is 3.47. The molecule has 1 heterocycles. The molecule has 1 aliphatic heterocycles. The molecule has 1 aromatic rings. The van der Waals surface area contributed by atoms with E-state index in [0.717, 1.165) is 24.6 Å². The molecule has 126 valence electrons. The Morgan fingerprint density at radius 2 is 2.04 bits per heavy atom. The average molecular weight is 317 g/mol. The third kappa shape index (κ3) is 3.22. The number of hydrogen-bond donors (Lipinski definition) is 1. The fraction of sp³-hybridized carbons (Fsp3) is 0.632. The zero-order chi connectivity index (χ0) is 16.5. The second kappa shape index (κ2) is 6.14. The van der Waals surface area contributed by atoms with E-state index in [-0.39, 0.29) is 11.2 Å². The fourth-order valence-electron chi connectivity index (χ4n) is 3.94. The molecule has 1 aromatic carbocycles. The van der Waals surface area contributed by atoms with Crippen molar-refractivity contribution in [2.24, 2.45) is 10.4 Å². The third-order valence-corrected chi connectivity index (χ3v) is 5.66. The minimum atomic E-state index is -0.283. The lowest BCUT2D eigenvalue weighted by molar-refractivity contribution is 0.151. The molecule has 1 saturated heterocycles. The highest BCUT2D eigenvalue weighted by atomic mass is 19.1. The quantitative estimate of drug-likeness (QED) is 0.682. The van der Waals surface area contributed by atoms with E-state index in [2.05, 4.69) is 29.1 Å². The molecule has 2 aliphatic rings. The van der Waals surface area contributed by atoms with Crippen molar-refractivity contribution in [1.82, 2.24) is 10.2 Å². The lowest BCUT2D eigenvalue weighted by Crippen LogP contribution is -2.46. The van der Waals surface area contributed by atoms with Gasteiger partial charge in [-0.1, -0.05) is 38.5 Å². The Balaban J connectivity index is 1.63. The van der Waals surface area contributed by atoms with Gasteiger partial charge in [0.2, 0.25) is 0 Å². The highest BCUT2D eigenvalue weighted by Crippen LogP contribution is 2.47. The molecule has 2 fully saturated rings. The summed E-state index contributed by atoms with van der Waals surface area (Å²) in [5.41, 5.74) is 1.02. The number of benzene rings is 1. The number of guanidine groups is 1. The van der Waals surface area contributed by atoms with Crippen LogP contribution in [0.4, 0.5) is 4.39 Å². The number of nitrogens with one attached hydrogen (secondary N) is 1. The Morgan fingerprint density at radius 1 is 1.30 bits per heavy atom. The van der Waals surface area contributed by atoms with Gasteiger partial charge in [-0.2, -0.15) is 0 Å². The average Bonchev–Trinajstić information content (AvgIpc) is 2.94. The first kappa shape index (κ1) is 16.3. The van der Waals surface area contributed by atoms with Crippen molar-refractivity contribution in [2.45, 2.75) is 44.9 Å². The largest absolute Gasteiger partial charge is 0.355 e. The summed E-state index contributed by atoms with van der Waals surface area (Å²) in [6.07, 6.45) is 5.38. The fourth-order valence-corrected chi connectivity index (χ4v) is 3.94. The molecule has 0 atom stereocenters. The van der Waals surface area contributed by atoms with Crippen LogP contribution in [0.1, 0.15) is 45.1 Å². The van der Waals surface area contributed by atoms with Gasteiger partial charge in [-0.05, 0) is 36.3 Å². The smallest absolute Gasteiger partial charge is 0.193 e. The van der Waals surface area contributed by atoms with Crippen LogP contribution in [0.2, 0.25) is 0 Å². The van der Waals surface area contributed by atoms with Gasteiger partial charge in [-0.3, -0.25) is 4.99 Å². The van der Waals surface area contributed by atoms with Crippen LogP contribution in [0.15, 0.2) is 29.3 Å². The summed E-state index contributed by atoms with van der Waals surface area (Å²) in [6, 6.07) is 7.05. The Morgan fingerprint density at radius 3 is 2.61 bits per heavy atom. The van der Waals surface area contributed by atoms with Crippen LogP contribution >= 0.6 is 0 Å². The van der Waals surface area contributed by atoms with Gasteiger partial charge in [-0.15, -0.1) is 0 Å². The van der Waals surface area contributed by atoms with Crippen LogP contribution in [0.5, 0.6) is 0 Å². The van der Waals surface area contributed by atoms with Gasteiger partial charge in [0.05, 0.1) is 0 Å². The van der Waals surface area contributed by atoms with Crippen LogP contribution in [-0.4, -0.2) is 37.5 Å². The number of halogens is 1. The first-order chi connectivity index (χ1) is 11.0. The summed E-state index contributed by atoms with van der Waals surface area (Å²) >= 11 is 0. The molecular formula is C19H28FN3. The van der Waals surface area contributed by atoms with Crippen molar-refractivity contribution in [3.63, 3.8) is 0 Å². The maximum atomic E-state index is 14.1. The van der Waals surface area contributed by atoms with Gasteiger partial charge in [0, 0.05) is 32.1 Å². The molecule has 1 aliphatic carbocycles. The van der Waals surface area contributed by atoms with E-state index < -0.39 is 0 Å².